The predicted molar refractivity (Wildman–Crippen MR) is 147 cm³/mol. The zero-order valence-electron chi connectivity index (χ0n) is 19.6. The Labute approximate surface area is 223 Å². The van der Waals surface area contributed by atoms with Crippen molar-refractivity contribution in [2.45, 2.75) is 57.8 Å². The first-order valence-electron chi connectivity index (χ1n) is 12.2. The first kappa shape index (κ1) is 25.7. The summed E-state index contributed by atoms with van der Waals surface area (Å²) in [6, 6.07) is 19.7. The van der Waals surface area contributed by atoms with Crippen LogP contribution in [0.1, 0.15) is 86.3 Å². The summed E-state index contributed by atoms with van der Waals surface area (Å²) in [5.41, 5.74) is 6.39. The van der Waals surface area contributed by atoms with Crippen molar-refractivity contribution >= 4 is 49.2 Å². The Morgan fingerprint density at radius 2 is 1.09 bits per heavy atom. The van der Waals surface area contributed by atoms with Gasteiger partial charge in [0.05, 0.1) is 0 Å². The molecule has 35 heavy (non-hydrogen) atoms. The molecular formula is C30H28Br2O3. The molecule has 0 spiro atoms. The molecule has 0 fully saturated rings. The maximum Gasteiger partial charge on any atom is 0.163 e. The number of aryl methyl sites for hydroxylation is 2. The second-order valence-electron chi connectivity index (χ2n) is 9.05. The van der Waals surface area contributed by atoms with Crippen LogP contribution in [0.3, 0.4) is 0 Å². The van der Waals surface area contributed by atoms with Crippen LogP contribution in [0.2, 0.25) is 0 Å². The number of Topliss-reactive ketones (excluding diaryl/α,β-unsaturated/α-hetero) is 3. The lowest BCUT2D eigenvalue weighted by Crippen LogP contribution is -2.10. The van der Waals surface area contributed by atoms with Crippen LogP contribution in [0.5, 0.6) is 0 Å². The van der Waals surface area contributed by atoms with Crippen LogP contribution in [0.15, 0.2) is 69.6 Å². The third-order valence-corrected chi connectivity index (χ3v) is 7.88. The lowest BCUT2D eigenvalue weighted by atomic mass is 9.91. The Morgan fingerprint density at radius 1 is 0.514 bits per heavy atom. The lowest BCUT2D eigenvalue weighted by molar-refractivity contribution is 0.0964. The third-order valence-electron chi connectivity index (χ3n) is 6.64. The minimum absolute atomic E-state index is 0.289. The summed E-state index contributed by atoms with van der Waals surface area (Å²) in [7, 11) is 0. The quantitative estimate of drug-likeness (QED) is 0.263. The van der Waals surface area contributed by atoms with Crippen molar-refractivity contribution in [3.63, 3.8) is 0 Å². The van der Waals surface area contributed by atoms with Gasteiger partial charge < -0.3 is 0 Å². The highest BCUT2D eigenvalue weighted by atomic mass is 79.9. The van der Waals surface area contributed by atoms with Crippen LogP contribution in [0.25, 0.3) is 0 Å². The average molecular weight is 596 g/mol. The molecule has 3 aromatic carbocycles. The maximum absolute atomic E-state index is 11.4. The first-order chi connectivity index (χ1) is 16.9. The summed E-state index contributed by atoms with van der Waals surface area (Å²) in [4.78, 5) is 34.1. The van der Waals surface area contributed by atoms with Crippen molar-refractivity contribution in [2.75, 3.05) is 0 Å². The summed E-state index contributed by atoms with van der Waals surface area (Å²) in [6.45, 7) is 0. The Balaban J connectivity index is 0.000000124. The molecule has 0 heterocycles. The van der Waals surface area contributed by atoms with Gasteiger partial charge in [-0.05, 0) is 73.4 Å². The highest BCUT2D eigenvalue weighted by Gasteiger charge is 2.18. The molecule has 3 aliphatic rings. The Morgan fingerprint density at radius 3 is 1.77 bits per heavy atom. The molecule has 5 heteroatoms. The predicted octanol–water partition coefficient (Wildman–Crippen LogP) is 8.14. The largest absolute Gasteiger partial charge is 0.294 e. The highest BCUT2D eigenvalue weighted by Crippen LogP contribution is 2.28. The number of carbonyl (C=O) groups excluding carboxylic acids is 3. The summed E-state index contributed by atoms with van der Waals surface area (Å²) in [5.74, 6) is 0.891. The lowest BCUT2D eigenvalue weighted by Gasteiger charge is -2.15. The summed E-state index contributed by atoms with van der Waals surface area (Å²) < 4.78 is 2.07. The topological polar surface area (TPSA) is 51.2 Å². The van der Waals surface area contributed by atoms with Gasteiger partial charge in [-0.1, -0.05) is 74.3 Å². The number of hydrogen-bond acceptors (Lipinski definition) is 3. The van der Waals surface area contributed by atoms with Gasteiger partial charge in [-0.25, -0.2) is 0 Å². The molecule has 180 valence electrons. The van der Waals surface area contributed by atoms with Crippen LogP contribution >= 0.6 is 31.9 Å². The molecule has 3 nitrogen and oxygen atoms in total. The standard InChI is InChI=1S/2C10H9BrO.C10H10O/c11-9-5-1-4-8-7(9)3-2-6-10(8)12;11-8-5-4-7-2-1-3-10(12)9(7)6-8;11-10-7-3-5-8-4-1-2-6-9(8)10/h1,4-5H,2-3,6H2;4-6H,1-3H2;1-2,4,6H,3,5,7H2. The molecule has 0 aromatic heterocycles. The van der Waals surface area contributed by atoms with Crippen molar-refractivity contribution in [2.24, 2.45) is 0 Å². The molecule has 6 rings (SSSR count). The van der Waals surface area contributed by atoms with E-state index in [1.807, 2.05) is 60.7 Å². The van der Waals surface area contributed by atoms with Crippen molar-refractivity contribution < 1.29 is 14.4 Å². The normalized spacial score (nSPS) is 16.0. The fraction of sp³-hybridized carbons (Fsp3) is 0.300. The fourth-order valence-corrected chi connectivity index (χ4v) is 5.74. The fourth-order valence-electron chi connectivity index (χ4n) is 4.82. The Bertz CT molecular complexity index is 1250. The Kier molecular flexibility index (Phi) is 8.85. The van der Waals surface area contributed by atoms with Crippen LogP contribution in [0, 0.1) is 0 Å². The van der Waals surface area contributed by atoms with Gasteiger partial charge in [0.2, 0.25) is 0 Å². The van der Waals surface area contributed by atoms with E-state index in [1.54, 1.807) is 0 Å². The second kappa shape index (κ2) is 12.0. The maximum atomic E-state index is 11.4. The summed E-state index contributed by atoms with van der Waals surface area (Å²) >= 11 is 6.82. The van der Waals surface area contributed by atoms with Crippen LogP contribution in [0.4, 0.5) is 0 Å². The van der Waals surface area contributed by atoms with Gasteiger partial charge in [0, 0.05) is 44.9 Å². The van der Waals surface area contributed by atoms with Gasteiger partial charge in [0.15, 0.2) is 17.3 Å². The molecule has 3 aromatic rings. The van der Waals surface area contributed by atoms with E-state index in [9.17, 15) is 14.4 Å². The number of carbonyl (C=O) groups is 3. The molecule has 0 saturated carbocycles. The number of halogens is 2. The van der Waals surface area contributed by atoms with Crippen LogP contribution in [-0.4, -0.2) is 17.3 Å². The molecule has 3 aliphatic carbocycles. The number of ketones is 3. The summed E-state index contributed by atoms with van der Waals surface area (Å²) in [5, 5.41) is 0. The summed E-state index contributed by atoms with van der Waals surface area (Å²) in [6.07, 6.45) is 8.33. The second-order valence-corrected chi connectivity index (χ2v) is 10.8. The van der Waals surface area contributed by atoms with Crippen molar-refractivity contribution in [3.8, 4) is 0 Å². The molecule has 0 amide bonds. The van der Waals surface area contributed by atoms with E-state index in [2.05, 4.69) is 31.9 Å². The van der Waals surface area contributed by atoms with E-state index >= 15 is 0 Å². The molecule has 0 unspecified atom stereocenters. The van der Waals surface area contributed by atoms with E-state index in [4.69, 9.17) is 0 Å². The molecule has 0 saturated heterocycles. The molecular weight excluding hydrogens is 568 g/mol. The highest BCUT2D eigenvalue weighted by molar-refractivity contribution is 9.10. The number of rotatable bonds is 0. The molecule has 0 radical (unpaired) electrons. The number of benzene rings is 3. The third kappa shape index (κ3) is 6.45. The van der Waals surface area contributed by atoms with Gasteiger partial charge in [-0.2, -0.15) is 0 Å². The monoisotopic (exact) mass is 594 g/mol. The van der Waals surface area contributed by atoms with Crippen molar-refractivity contribution in [1.29, 1.82) is 0 Å². The average Bonchev–Trinajstić information content (AvgIpc) is 2.87. The minimum atomic E-state index is 0.289. The van der Waals surface area contributed by atoms with Crippen molar-refractivity contribution in [3.05, 3.63) is 103 Å². The van der Waals surface area contributed by atoms with Gasteiger partial charge in [-0.3, -0.25) is 14.4 Å². The van der Waals surface area contributed by atoms with Gasteiger partial charge in [-0.15, -0.1) is 0 Å². The minimum Gasteiger partial charge on any atom is -0.294 e. The van der Waals surface area contributed by atoms with E-state index in [0.29, 0.717) is 18.6 Å². The molecule has 0 atom stereocenters. The van der Waals surface area contributed by atoms with Crippen LogP contribution < -0.4 is 0 Å². The van der Waals surface area contributed by atoms with Gasteiger partial charge in [0.25, 0.3) is 0 Å². The van der Waals surface area contributed by atoms with E-state index < -0.39 is 0 Å². The van der Waals surface area contributed by atoms with E-state index in [-0.39, 0.29) is 11.6 Å². The molecule has 0 aliphatic heterocycles. The SMILES string of the molecule is O=C1CCCc2c(Br)cccc21.O=C1CCCc2ccc(Br)cc21.O=C1CCCc2ccccc21. The van der Waals surface area contributed by atoms with E-state index in [0.717, 1.165) is 70.6 Å². The Hall–Kier alpha value is -2.37. The smallest absolute Gasteiger partial charge is 0.163 e. The number of fused-ring (bicyclic) bond motifs is 3. The molecule has 0 bridgehead atoms. The van der Waals surface area contributed by atoms with Gasteiger partial charge >= 0.3 is 0 Å². The first-order valence-corrected chi connectivity index (χ1v) is 13.8. The molecule has 0 N–H and O–H groups in total. The zero-order valence-corrected chi connectivity index (χ0v) is 22.8. The van der Waals surface area contributed by atoms with Crippen LogP contribution in [-0.2, 0) is 19.3 Å². The number of hydrogen-bond donors (Lipinski definition) is 0. The van der Waals surface area contributed by atoms with Gasteiger partial charge in [0.1, 0.15) is 0 Å². The zero-order chi connectivity index (χ0) is 24.8. The van der Waals surface area contributed by atoms with Crippen molar-refractivity contribution in [1.82, 2.24) is 0 Å². The van der Waals surface area contributed by atoms with E-state index in [1.165, 1.54) is 16.7 Å².